The zero-order valence-corrected chi connectivity index (χ0v) is 19.0. The molecule has 0 amide bonds. The number of aromatic nitrogens is 1. The number of esters is 1. The third-order valence-electron chi connectivity index (χ3n) is 5.57. The topological polar surface area (TPSA) is 59.4 Å². The first-order valence-electron chi connectivity index (χ1n) is 10.7. The van der Waals surface area contributed by atoms with Crippen LogP contribution in [0.1, 0.15) is 45.3 Å². The van der Waals surface area contributed by atoms with Gasteiger partial charge < -0.3 is 9.84 Å². The first kappa shape index (κ1) is 22.7. The predicted molar refractivity (Wildman–Crippen MR) is 133 cm³/mol. The Labute approximate surface area is 198 Å². The van der Waals surface area contributed by atoms with Crippen LogP contribution in [0.3, 0.4) is 0 Å². The van der Waals surface area contributed by atoms with E-state index in [9.17, 15) is 9.90 Å². The second-order valence-electron chi connectivity index (χ2n) is 7.74. The van der Waals surface area contributed by atoms with E-state index in [1.807, 2.05) is 78.9 Å². The molecule has 166 valence electrons. The lowest BCUT2D eigenvalue weighted by Crippen LogP contribution is -2.07. The van der Waals surface area contributed by atoms with E-state index in [2.05, 4.69) is 4.98 Å². The SMILES string of the molecule is COC(=O)c1ccccc1CCC(O)c1ccccc1C=Cc1ccc2ccc(Cl)cc2n1. The minimum atomic E-state index is -0.681. The van der Waals surface area contributed by atoms with Gasteiger partial charge in [-0.1, -0.05) is 72.3 Å². The molecule has 0 spiro atoms. The van der Waals surface area contributed by atoms with Crippen LogP contribution in [0.2, 0.25) is 5.02 Å². The monoisotopic (exact) mass is 457 g/mol. The molecule has 1 aromatic heterocycles. The van der Waals surface area contributed by atoms with Crippen LogP contribution in [0.15, 0.2) is 78.9 Å². The van der Waals surface area contributed by atoms with Crippen molar-refractivity contribution < 1.29 is 14.6 Å². The summed E-state index contributed by atoms with van der Waals surface area (Å²) in [5.41, 5.74) is 4.77. The van der Waals surface area contributed by atoms with E-state index in [-0.39, 0.29) is 5.97 Å². The van der Waals surface area contributed by atoms with Crippen molar-refractivity contribution in [3.05, 3.63) is 112 Å². The molecule has 0 fully saturated rings. The average Bonchev–Trinajstić information content (AvgIpc) is 2.85. The van der Waals surface area contributed by atoms with Gasteiger partial charge in [0, 0.05) is 10.4 Å². The van der Waals surface area contributed by atoms with Crippen LogP contribution in [-0.2, 0) is 11.2 Å². The molecule has 4 aromatic rings. The van der Waals surface area contributed by atoms with Gasteiger partial charge in [-0.2, -0.15) is 0 Å². The Balaban J connectivity index is 1.52. The number of hydrogen-bond donors (Lipinski definition) is 1. The molecule has 0 saturated carbocycles. The van der Waals surface area contributed by atoms with E-state index in [1.54, 1.807) is 12.1 Å². The highest BCUT2D eigenvalue weighted by atomic mass is 35.5. The summed E-state index contributed by atoms with van der Waals surface area (Å²) in [6.07, 6.45) is 4.24. The number of pyridine rings is 1. The van der Waals surface area contributed by atoms with E-state index < -0.39 is 6.10 Å². The molecule has 1 unspecified atom stereocenters. The maximum absolute atomic E-state index is 12.0. The van der Waals surface area contributed by atoms with E-state index in [0.29, 0.717) is 23.4 Å². The molecule has 3 aromatic carbocycles. The Bertz CT molecular complexity index is 1320. The fourth-order valence-electron chi connectivity index (χ4n) is 3.84. The number of aliphatic hydroxyl groups is 1. The molecule has 0 aliphatic carbocycles. The number of fused-ring (bicyclic) bond motifs is 1. The fraction of sp³-hybridized carbons (Fsp3) is 0.143. The van der Waals surface area contributed by atoms with Crippen LogP contribution < -0.4 is 0 Å². The number of ether oxygens (including phenoxy) is 1. The van der Waals surface area contributed by atoms with Crippen molar-refractivity contribution in [3.63, 3.8) is 0 Å². The second-order valence-corrected chi connectivity index (χ2v) is 8.18. The largest absolute Gasteiger partial charge is 0.465 e. The Kier molecular flexibility index (Phi) is 7.18. The van der Waals surface area contributed by atoms with E-state index >= 15 is 0 Å². The molecule has 1 atom stereocenters. The summed E-state index contributed by atoms with van der Waals surface area (Å²) < 4.78 is 4.87. The van der Waals surface area contributed by atoms with Gasteiger partial charge in [0.2, 0.25) is 0 Å². The van der Waals surface area contributed by atoms with E-state index in [0.717, 1.165) is 33.3 Å². The Morgan fingerprint density at radius 3 is 2.64 bits per heavy atom. The molecular formula is C28H24ClNO3. The zero-order valence-electron chi connectivity index (χ0n) is 18.2. The van der Waals surface area contributed by atoms with Gasteiger partial charge >= 0.3 is 5.97 Å². The first-order chi connectivity index (χ1) is 16.0. The smallest absolute Gasteiger partial charge is 0.338 e. The number of rotatable bonds is 7. The normalized spacial score (nSPS) is 12.2. The third-order valence-corrected chi connectivity index (χ3v) is 5.81. The summed E-state index contributed by atoms with van der Waals surface area (Å²) in [6.45, 7) is 0. The molecule has 0 saturated heterocycles. The van der Waals surface area contributed by atoms with Crippen LogP contribution >= 0.6 is 11.6 Å². The number of nitrogens with zero attached hydrogens (tertiary/aromatic N) is 1. The molecule has 1 N–H and O–H groups in total. The van der Waals surface area contributed by atoms with Gasteiger partial charge in [-0.15, -0.1) is 0 Å². The number of carbonyl (C=O) groups excluding carboxylic acids is 1. The number of aryl methyl sites for hydroxylation is 1. The van der Waals surface area contributed by atoms with E-state index in [1.165, 1.54) is 7.11 Å². The van der Waals surface area contributed by atoms with Crippen molar-refractivity contribution >= 4 is 40.6 Å². The summed E-state index contributed by atoms with van der Waals surface area (Å²) in [4.78, 5) is 16.7. The fourth-order valence-corrected chi connectivity index (χ4v) is 4.00. The molecule has 0 bridgehead atoms. The lowest BCUT2D eigenvalue weighted by molar-refractivity contribution is 0.0599. The van der Waals surface area contributed by atoms with Crippen LogP contribution in [0.5, 0.6) is 0 Å². The van der Waals surface area contributed by atoms with Gasteiger partial charge in [0.05, 0.1) is 30.0 Å². The number of carbonyl (C=O) groups is 1. The number of methoxy groups -OCH3 is 1. The molecule has 0 aliphatic heterocycles. The van der Waals surface area contributed by atoms with Gasteiger partial charge in [0.15, 0.2) is 0 Å². The lowest BCUT2D eigenvalue weighted by Gasteiger charge is -2.15. The highest BCUT2D eigenvalue weighted by Gasteiger charge is 2.15. The van der Waals surface area contributed by atoms with Crippen LogP contribution in [0.25, 0.3) is 23.1 Å². The maximum Gasteiger partial charge on any atom is 0.338 e. The summed E-state index contributed by atoms with van der Waals surface area (Å²) in [6, 6.07) is 24.7. The van der Waals surface area contributed by atoms with Crippen molar-refractivity contribution in [2.24, 2.45) is 0 Å². The predicted octanol–water partition coefficient (Wildman–Crippen LogP) is 6.51. The van der Waals surface area contributed by atoms with E-state index in [4.69, 9.17) is 16.3 Å². The van der Waals surface area contributed by atoms with Crippen molar-refractivity contribution in [1.29, 1.82) is 0 Å². The summed E-state index contributed by atoms with van der Waals surface area (Å²) in [5, 5.41) is 12.6. The van der Waals surface area contributed by atoms with Crippen molar-refractivity contribution in [2.75, 3.05) is 7.11 Å². The molecule has 33 heavy (non-hydrogen) atoms. The quantitative estimate of drug-likeness (QED) is 0.321. The highest BCUT2D eigenvalue weighted by Crippen LogP contribution is 2.26. The van der Waals surface area contributed by atoms with Crippen molar-refractivity contribution in [3.8, 4) is 0 Å². The lowest BCUT2D eigenvalue weighted by atomic mass is 9.95. The van der Waals surface area contributed by atoms with Crippen LogP contribution in [0.4, 0.5) is 0 Å². The molecule has 0 aliphatic rings. The molecule has 1 heterocycles. The standard InChI is InChI=1S/C28H24ClNO3/c1-33-28(32)25-9-5-3-7-20(25)13-17-27(31)24-8-4-2-6-19(24)11-15-23-16-12-21-10-14-22(29)18-26(21)30-23/h2-12,14-16,18,27,31H,13,17H2,1H3. The second kappa shape index (κ2) is 10.4. The zero-order chi connectivity index (χ0) is 23.2. The average molecular weight is 458 g/mol. The minimum Gasteiger partial charge on any atom is -0.465 e. The van der Waals surface area contributed by atoms with Crippen molar-refractivity contribution in [1.82, 2.24) is 4.98 Å². The van der Waals surface area contributed by atoms with Gasteiger partial charge in [0.25, 0.3) is 0 Å². The summed E-state index contributed by atoms with van der Waals surface area (Å²) >= 11 is 6.10. The Hall–Kier alpha value is -3.47. The number of hydrogen-bond acceptors (Lipinski definition) is 4. The summed E-state index contributed by atoms with van der Waals surface area (Å²) in [5.74, 6) is -0.368. The number of aliphatic hydroxyl groups excluding tert-OH is 1. The van der Waals surface area contributed by atoms with Gasteiger partial charge in [-0.25, -0.2) is 9.78 Å². The third kappa shape index (κ3) is 5.48. The van der Waals surface area contributed by atoms with Crippen LogP contribution in [-0.4, -0.2) is 23.2 Å². The minimum absolute atomic E-state index is 0.368. The first-order valence-corrected chi connectivity index (χ1v) is 11.1. The summed E-state index contributed by atoms with van der Waals surface area (Å²) in [7, 11) is 1.37. The van der Waals surface area contributed by atoms with Gasteiger partial charge in [-0.05, 0) is 59.9 Å². The Morgan fingerprint density at radius 1 is 1.03 bits per heavy atom. The highest BCUT2D eigenvalue weighted by molar-refractivity contribution is 6.31. The van der Waals surface area contributed by atoms with Gasteiger partial charge in [-0.3, -0.25) is 0 Å². The maximum atomic E-state index is 12.0. The van der Waals surface area contributed by atoms with Gasteiger partial charge in [0.1, 0.15) is 0 Å². The number of benzene rings is 3. The number of halogens is 1. The molecule has 4 nitrogen and oxygen atoms in total. The Morgan fingerprint density at radius 2 is 1.79 bits per heavy atom. The molecule has 5 heteroatoms. The van der Waals surface area contributed by atoms with Crippen LogP contribution in [0, 0.1) is 0 Å². The molecular weight excluding hydrogens is 434 g/mol. The molecule has 0 radical (unpaired) electrons. The molecule has 4 rings (SSSR count). The van der Waals surface area contributed by atoms with Crippen molar-refractivity contribution in [2.45, 2.75) is 18.9 Å².